The third-order valence-corrected chi connectivity index (χ3v) is 5.91. The Bertz CT molecular complexity index is 1180. The molecule has 3 rings (SSSR count). The number of hydrogen-bond donors (Lipinski definition) is 3. The Morgan fingerprint density at radius 2 is 1.85 bits per heavy atom. The van der Waals surface area contributed by atoms with E-state index in [1.807, 2.05) is 45.0 Å². The maximum Gasteiger partial charge on any atom is 0.303 e. The highest BCUT2D eigenvalue weighted by Crippen LogP contribution is 2.38. The van der Waals surface area contributed by atoms with Gasteiger partial charge in [0.15, 0.2) is 0 Å². The van der Waals surface area contributed by atoms with Crippen LogP contribution in [0.25, 0.3) is 0 Å². The van der Waals surface area contributed by atoms with E-state index in [-0.39, 0.29) is 24.7 Å². The molecule has 0 saturated carbocycles. The number of fused-ring (bicyclic) bond motifs is 1. The fourth-order valence-corrected chi connectivity index (χ4v) is 4.58. The number of aliphatic hydroxyl groups is 1. The molecule has 3 N–H and O–H groups in total. The second-order valence-electron chi connectivity index (χ2n) is 8.74. The summed E-state index contributed by atoms with van der Waals surface area (Å²) in [6.07, 6.45) is 0. The molecule has 0 atom stereocenters. The molecule has 180 valence electrons. The highest BCUT2D eigenvalue weighted by molar-refractivity contribution is 7.17. The molecule has 8 heteroatoms. The molecular formula is C26H32N4O3S. The first-order valence-electron chi connectivity index (χ1n) is 10.8. The van der Waals surface area contributed by atoms with Crippen LogP contribution in [0.3, 0.4) is 0 Å². The van der Waals surface area contributed by atoms with Crippen LogP contribution in [0.2, 0.25) is 0 Å². The summed E-state index contributed by atoms with van der Waals surface area (Å²) in [5, 5.41) is 26.1. The Morgan fingerprint density at radius 1 is 1.24 bits per heavy atom. The Morgan fingerprint density at radius 3 is 2.32 bits per heavy atom. The van der Waals surface area contributed by atoms with E-state index < -0.39 is 0 Å². The van der Waals surface area contributed by atoms with Gasteiger partial charge < -0.3 is 9.84 Å². The zero-order valence-electron chi connectivity index (χ0n) is 20.8. The molecule has 1 aliphatic rings. The normalized spacial score (nSPS) is 12.9. The first-order valence-corrected chi connectivity index (χ1v) is 11.6. The molecule has 34 heavy (non-hydrogen) atoms. The Kier molecular flexibility index (Phi) is 8.91. The second kappa shape index (κ2) is 11.2. The van der Waals surface area contributed by atoms with Gasteiger partial charge in [-0.2, -0.15) is 0 Å². The molecule has 7 nitrogen and oxygen atoms in total. The van der Waals surface area contributed by atoms with E-state index >= 15 is 0 Å². The number of aryl methyl sites for hydroxylation is 1. The lowest BCUT2D eigenvalue weighted by Gasteiger charge is -2.21. The monoisotopic (exact) mass is 480 g/mol. The number of ether oxygens (including phenoxy) is 1. The molecule has 0 bridgehead atoms. The Labute approximate surface area is 205 Å². The summed E-state index contributed by atoms with van der Waals surface area (Å²) in [6, 6.07) is 7.75. The molecule has 1 aromatic carbocycles. The van der Waals surface area contributed by atoms with Gasteiger partial charge in [0, 0.05) is 28.5 Å². The van der Waals surface area contributed by atoms with Gasteiger partial charge in [-0.3, -0.25) is 25.5 Å². The van der Waals surface area contributed by atoms with Crippen molar-refractivity contribution in [3.05, 3.63) is 51.4 Å². The maximum atomic E-state index is 10.2. The predicted octanol–water partition coefficient (Wildman–Crippen LogP) is 4.69. The molecule has 0 amide bonds. The predicted molar refractivity (Wildman–Crippen MR) is 140 cm³/mol. The summed E-state index contributed by atoms with van der Waals surface area (Å²) in [4.78, 5) is 17.8. The summed E-state index contributed by atoms with van der Waals surface area (Å²) in [5.74, 6) is 5.94. The number of nitrogens with zero attached hydrogens (tertiary/aromatic N) is 2. The number of amidine groups is 2. The van der Waals surface area contributed by atoms with Gasteiger partial charge in [0.25, 0.3) is 0 Å². The van der Waals surface area contributed by atoms with E-state index in [0.29, 0.717) is 11.7 Å². The van der Waals surface area contributed by atoms with Crippen molar-refractivity contribution in [2.45, 2.75) is 54.1 Å². The highest BCUT2D eigenvalue weighted by Gasteiger charge is 2.28. The van der Waals surface area contributed by atoms with E-state index in [2.05, 4.69) is 25.7 Å². The van der Waals surface area contributed by atoms with Crippen molar-refractivity contribution in [1.29, 1.82) is 10.8 Å². The van der Waals surface area contributed by atoms with Crippen LogP contribution in [0.4, 0.5) is 5.00 Å². The lowest BCUT2D eigenvalue weighted by atomic mass is 9.99. The van der Waals surface area contributed by atoms with Gasteiger partial charge in [0.05, 0.1) is 12.3 Å². The van der Waals surface area contributed by atoms with Crippen LogP contribution >= 0.6 is 11.3 Å². The van der Waals surface area contributed by atoms with Gasteiger partial charge in [-0.05, 0) is 59.2 Å². The fourth-order valence-electron chi connectivity index (χ4n) is 3.35. The van der Waals surface area contributed by atoms with Crippen LogP contribution in [-0.2, 0) is 9.53 Å². The SMILES string of the molecule is CC(=N)N1C(=N)CN=C(c2ccc(C#CCO)cc2)c2c1sc(C)c2C.CC(=O)OC(C)(C)C. The summed E-state index contributed by atoms with van der Waals surface area (Å²) in [7, 11) is 0. The van der Waals surface area contributed by atoms with Gasteiger partial charge in [-0.1, -0.05) is 24.0 Å². The average molecular weight is 481 g/mol. The number of esters is 1. The summed E-state index contributed by atoms with van der Waals surface area (Å²) in [5.41, 5.74) is 4.44. The molecule has 1 aliphatic heterocycles. The smallest absolute Gasteiger partial charge is 0.303 e. The summed E-state index contributed by atoms with van der Waals surface area (Å²) < 4.78 is 4.80. The van der Waals surface area contributed by atoms with Crippen LogP contribution in [-0.4, -0.2) is 47.2 Å². The molecular weight excluding hydrogens is 448 g/mol. The fraction of sp³-hybridized carbons (Fsp3) is 0.385. The molecule has 0 aliphatic carbocycles. The van der Waals surface area contributed by atoms with Crippen molar-refractivity contribution in [2.24, 2.45) is 4.99 Å². The molecule has 0 unspecified atom stereocenters. The number of carbonyl (C=O) groups excluding carboxylic acids is 1. The number of thiophene rings is 1. The van der Waals surface area contributed by atoms with Crippen molar-refractivity contribution in [3.8, 4) is 11.8 Å². The van der Waals surface area contributed by atoms with Crippen molar-refractivity contribution in [3.63, 3.8) is 0 Å². The number of aliphatic hydroxyl groups excluding tert-OH is 1. The molecule has 2 heterocycles. The van der Waals surface area contributed by atoms with Crippen molar-refractivity contribution in [1.82, 2.24) is 0 Å². The number of benzene rings is 1. The van der Waals surface area contributed by atoms with Crippen LogP contribution < -0.4 is 4.90 Å². The van der Waals surface area contributed by atoms with Crippen molar-refractivity contribution in [2.75, 3.05) is 18.1 Å². The van der Waals surface area contributed by atoms with Crippen LogP contribution in [0.1, 0.15) is 61.7 Å². The number of carbonyl (C=O) groups is 1. The molecule has 0 spiro atoms. The zero-order valence-corrected chi connectivity index (χ0v) is 21.6. The van der Waals surface area contributed by atoms with Gasteiger partial charge in [-0.25, -0.2) is 0 Å². The minimum atomic E-state index is -0.328. The molecule has 0 radical (unpaired) electrons. The third kappa shape index (κ3) is 6.86. The maximum absolute atomic E-state index is 10.2. The minimum Gasteiger partial charge on any atom is -0.460 e. The number of hydrogen-bond acceptors (Lipinski definition) is 7. The van der Waals surface area contributed by atoms with Crippen LogP contribution in [0, 0.1) is 36.5 Å². The standard InChI is InChI=1S/C20H20N4OS.C6H12O2/c1-12-13(2)26-20-18(12)19(23-11-17(22)24(20)14(3)21)16-8-6-15(7-9-16)5-4-10-25;1-5(7)8-6(2,3)4/h6-9,21-22,25H,10-11H2,1-3H3;1-4H3. The lowest BCUT2D eigenvalue weighted by Crippen LogP contribution is -2.35. The number of aliphatic imine (C=N–C) groups is 1. The van der Waals surface area contributed by atoms with Gasteiger partial charge >= 0.3 is 5.97 Å². The molecule has 2 aromatic rings. The first kappa shape index (κ1) is 27.0. The van der Waals surface area contributed by atoms with Crippen molar-refractivity contribution >= 4 is 39.7 Å². The molecule has 0 fully saturated rings. The van der Waals surface area contributed by atoms with E-state index in [1.165, 1.54) is 6.92 Å². The van der Waals surface area contributed by atoms with Crippen LogP contribution in [0.15, 0.2) is 29.3 Å². The molecule has 1 aromatic heterocycles. The lowest BCUT2D eigenvalue weighted by molar-refractivity contribution is -0.151. The highest BCUT2D eigenvalue weighted by atomic mass is 32.1. The Hall–Kier alpha value is -3.28. The summed E-state index contributed by atoms with van der Waals surface area (Å²) in [6.45, 7) is 12.8. The minimum absolute atomic E-state index is 0.161. The Balaban J connectivity index is 0.000000440. The average Bonchev–Trinajstić information content (AvgIpc) is 2.91. The van der Waals surface area contributed by atoms with Crippen molar-refractivity contribution < 1.29 is 14.6 Å². The third-order valence-electron chi connectivity index (χ3n) is 4.72. The largest absolute Gasteiger partial charge is 0.460 e. The van der Waals surface area contributed by atoms with E-state index in [9.17, 15) is 4.79 Å². The number of anilines is 1. The molecule has 0 saturated heterocycles. The first-order chi connectivity index (χ1) is 15.9. The second-order valence-corrected chi connectivity index (χ2v) is 9.94. The van der Waals surface area contributed by atoms with Crippen LogP contribution in [0.5, 0.6) is 0 Å². The number of rotatable bonds is 1. The quantitative estimate of drug-likeness (QED) is 0.238. The van der Waals surface area contributed by atoms with Gasteiger partial charge in [0.1, 0.15) is 28.9 Å². The topological polar surface area (TPSA) is 110 Å². The van der Waals surface area contributed by atoms with Gasteiger partial charge in [-0.15, -0.1) is 11.3 Å². The van der Waals surface area contributed by atoms with E-state index in [1.54, 1.807) is 23.2 Å². The van der Waals surface area contributed by atoms with E-state index in [0.717, 1.165) is 37.8 Å². The zero-order chi connectivity index (χ0) is 25.6. The van der Waals surface area contributed by atoms with Gasteiger partial charge in [0.2, 0.25) is 0 Å². The van der Waals surface area contributed by atoms with E-state index in [4.69, 9.17) is 25.7 Å². The number of nitrogens with one attached hydrogen (secondary N) is 2. The summed E-state index contributed by atoms with van der Waals surface area (Å²) >= 11 is 1.60.